The predicted octanol–water partition coefficient (Wildman–Crippen LogP) is 17.1. The Hall–Kier alpha value is -4.88. The maximum atomic E-state index is 2.34. The first-order chi connectivity index (χ1) is 24.9. The van der Waals surface area contributed by atoms with Crippen molar-refractivity contribution < 1.29 is 0 Å². The van der Waals surface area contributed by atoms with E-state index >= 15 is 0 Å². The zero-order chi connectivity index (χ0) is 38.0. The van der Waals surface area contributed by atoms with Crippen LogP contribution in [-0.2, 0) is 17.9 Å². The van der Waals surface area contributed by atoms with E-state index in [1.54, 1.807) is 0 Å². The largest absolute Gasteiger partial charge is 0.344 e. The van der Waals surface area contributed by atoms with Crippen molar-refractivity contribution in [3.05, 3.63) is 166 Å². The minimum Gasteiger partial charge on any atom is -0.344 e. The van der Waals surface area contributed by atoms with E-state index in [0.717, 1.165) is 0 Å². The molecule has 0 fully saturated rings. The molecule has 0 bridgehead atoms. The monoisotopic (exact) mass is 750 g/mol. The average Bonchev–Trinajstić information content (AvgIpc) is 3.66. The van der Waals surface area contributed by atoms with Gasteiger partial charge in [0.25, 0.3) is 0 Å². The van der Waals surface area contributed by atoms with Crippen LogP contribution in [0.1, 0.15) is 130 Å². The Kier molecular flexibility index (Phi) is 17.4. The summed E-state index contributed by atoms with van der Waals surface area (Å²) >= 11 is 0. The molecule has 2 aliphatic carbocycles. The third-order valence-corrected chi connectivity index (χ3v) is 10.8. The van der Waals surface area contributed by atoms with Gasteiger partial charge in [-0.1, -0.05) is 217 Å². The molecule has 1 heteroatoms. The highest BCUT2D eigenvalue weighted by Crippen LogP contribution is 2.50. The first-order valence-corrected chi connectivity index (χ1v) is 19.3. The van der Waals surface area contributed by atoms with Crippen LogP contribution in [-0.4, -0.2) is 4.57 Å². The van der Waals surface area contributed by atoms with E-state index in [1.807, 2.05) is 27.7 Å². The molecule has 0 radical (unpaired) electrons. The second-order valence-corrected chi connectivity index (χ2v) is 15.0. The van der Waals surface area contributed by atoms with Gasteiger partial charge in [0.05, 0.1) is 0 Å². The van der Waals surface area contributed by atoms with E-state index in [4.69, 9.17) is 0 Å². The van der Waals surface area contributed by atoms with E-state index in [-0.39, 0.29) is 40.5 Å². The molecule has 7 aromatic rings. The lowest BCUT2D eigenvalue weighted by atomic mass is 9.81. The quantitative estimate of drug-likeness (QED) is 0.145. The average molecular weight is 750 g/mol. The van der Waals surface area contributed by atoms with Crippen molar-refractivity contribution in [1.82, 2.24) is 4.57 Å². The Morgan fingerprint density at radius 2 is 0.589 bits per heavy atom. The number of nitrogens with zero attached hydrogens (tertiary/aromatic N) is 1. The van der Waals surface area contributed by atoms with Gasteiger partial charge in [-0.15, -0.1) is 0 Å². The number of aryl methyl sites for hydroxylation is 5. The molecule has 1 aromatic heterocycles. The third-order valence-electron chi connectivity index (χ3n) is 10.8. The van der Waals surface area contributed by atoms with Crippen LogP contribution in [0.2, 0.25) is 0 Å². The van der Waals surface area contributed by atoms with Crippen LogP contribution in [0, 0.1) is 27.7 Å². The van der Waals surface area contributed by atoms with Crippen molar-refractivity contribution in [2.75, 3.05) is 0 Å². The Labute approximate surface area is 343 Å². The Balaban J connectivity index is 0.000000390. The van der Waals surface area contributed by atoms with E-state index in [1.165, 1.54) is 88.6 Å². The van der Waals surface area contributed by atoms with Gasteiger partial charge in [-0.3, -0.25) is 0 Å². The molecule has 0 aliphatic heterocycles. The second-order valence-electron chi connectivity index (χ2n) is 15.0. The van der Waals surface area contributed by atoms with Crippen LogP contribution in [0.4, 0.5) is 0 Å². The number of benzene rings is 6. The van der Waals surface area contributed by atoms with E-state index < -0.39 is 0 Å². The van der Waals surface area contributed by atoms with Crippen molar-refractivity contribution in [1.29, 1.82) is 0 Å². The van der Waals surface area contributed by atoms with Crippen LogP contribution in [0.3, 0.4) is 0 Å². The fourth-order valence-electron chi connectivity index (χ4n) is 8.05. The molecule has 1 nitrogen and oxygen atoms in total. The third kappa shape index (κ3) is 8.89. The lowest BCUT2D eigenvalue weighted by molar-refractivity contribution is 0.659. The van der Waals surface area contributed by atoms with Crippen LogP contribution < -0.4 is 0 Å². The first kappa shape index (κ1) is 49.1. The smallest absolute Gasteiger partial charge is 0.0488 e. The fourth-order valence-corrected chi connectivity index (χ4v) is 8.05. The van der Waals surface area contributed by atoms with Gasteiger partial charge in [-0.2, -0.15) is 0 Å². The number of aromatic nitrogens is 1. The predicted molar refractivity (Wildman–Crippen MR) is 257 cm³/mol. The van der Waals surface area contributed by atoms with Gasteiger partial charge < -0.3 is 4.57 Å². The highest BCUT2D eigenvalue weighted by molar-refractivity contribution is 6.07. The molecule has 9 rings (SSSR count). The number of rotatable bonds is 0. The Morgan fingerprint density at radius 1 is 0.357 bits per heavy atom. The van der Waals surface area contributed by atoms with Crippen LogP contribution in [0.15, 0.2) is 121 Å². The summed E-state index contributed by atoms with van der Waals surface area (Å²) in [5, 5.41) is 2.68. The van der Waals surface area contributed by atoms with Crippen molar-refractivity contribution >= 4 is 21.8 Å². The minimum absolute atomic E-state index is 0. The van der Waals surface area contributed by atoms with Crippen molar-refractivity contribution in [2.45, 2.75) is 124 Å². The standard InChI is InChI=1S/2C17H18.C13H11N.2C2H6.4CH4/c2*1-11-5-7-13-14-8-6-12(2)10-16(14)17(3,4)15(13)9-11;1-14-12-8-4-2-6-10(12)11-7-3-5-9-13(11)14;2*1-2;;;;/h2*5-10H,1-4H3;2-9H,1H3;2*1-2H3;4*1H4. The number of hydrogen-bond acceptors (Lipinski definition) is 0. The molecule has 0 atom stereocenters. The van der Waals surface area contributed by atoms with E-state index in [2.05, 4.69) is 188 Å². The zero-order valence-corrected chi connectivity index (χ0v) is 34.0. The maximum absolute atomic E-state index is 2.34. The van der Waals surface area contributed by atoms with Crippen LogP contribution in [0.5, 0.6) is 0 Å². The highest BCUT2D eigenvalue weighted by atomic mass is 14.9. The van der Waals surface area contributed by atoms with Gasteiger partial charge in [0.1, 0.15) is 0 Å². The molecule has 56 heavy (non-hydrogen) atoms. The summed E-state index contributed by atoms with van der Waals surface area (Å²) < 4.78 is 2.24. The Bertz CT molecular complexity index is 2070. The topological polar surface area (TPSA) is 4.93 Å². The van der Waals surface area contributed by atoms with Gasteiger partial charge in [-0.05, 0) is 84.3 Å². The summed E-state index contributed by atoms with van der Waals surface area (Å²) in [4.78, 5) is 0. The lowest BCUT2D eigenvalue weighted by Gasteiger charge is -2.22. The van der Waals surface area contributed by atoms with Crippen molar-refractivity contribution in [3.63, 3.8) is 0 Å². The molecule has 0 saturated heterocycles. The molecule has 0 unspecified atom stereocenters. The first-order valence-electron chi connectivity index (χ1n) is 19.3. The van der Waals surface area contributed by atoms with Crippen LogP contribution in [0.25, 0.3) is 44.1 Å². The summed E-state index contributed by atoms with van der Waals surface area (Å²) in [5.41, 5.74) is 19.8. The number of fused-ring (bicyclic) bond motifs is 9. The van der Waals surface area contributed by atoms with Crippen molar-refractivity contribution in [2.24, 2.45) is 7.05 Å². The molecule has 1 heterocycles. The highest BCUT2D eigenvalue weighted by Gasteiger charge is 2.36. The van der Waals surface area contributed by atoms with Crippen LogP contribution >= 0.6 is 0 Å². The summed E-state index contributed by atoms with van der Waals surface area (Å²) in [7, 11) is 2.12. The summed E-state index contributed by atoms with van der Waals surface area (Å²) in [6.45, 7) is 26.0. The zero-order valence-electron chi connectivity index (χ0n) is 34.0. The molecule has 0 N–H and O–H groups in total. The normalized spacial score (nSPS) is 12.4. The second kappa shape index (κ2) is 19.8. The minimum atomic E-state index is 0. The van der Waals surface area contributed by atoms with Gasteiger partial charge in [0.2, 0.25) is 0 Å². The van der Waals surface area contributed by atoms with E-state index in [9.17, 15) is 0 Å². The van der Waals surface area contributed by atoms with Gasteiger partial charge in [-0.25, -0.2) is 0 Å². The SMILES string of the molecule is C.C.C.C.CC.CC.Cc1ccc2c(c1)C(C)(C)c1cc(C)ccc1-2.Cc1ccc2c(c1)C(C)(C)c1cc(C)ccc1-2.Cn1c2ccccc2c2ccccc21. The summed E-state index contributed by atoms with van der Waals surface area (Å²) in [6.07, 6.45) is 0. The van der Waals surface area contributed by atoms with Gasteiger partial charge >= 0.3 is 0 Å². The van der Waals surface area contributed by atoms with E-state index in [0.29, 0.717) is 0 Å². The maximum Gasteiger partial charge on any atom is 0.0488 e. The molecule has 0 amide bonds. The molecule has 6 aromatic carbocycles. The molecular weight excluding hydrogens is 675 g/mol. The molecule has 0 saturated carbocycles. The lowest BCUT2D eigenvalue weighted by Crippen LogP contribution is -2.15. The molecule has 300 valence electrons. The summed E-state index contributed by atoms with van der Waals surface area (Å²) in [6, 6.07) is 44.3. The molecule has 0 spiro atoms. The summed E-state index contributed by atoms with van der Waals surface area (Å²) in [5.74, 6) is 0. The molecule has 2 aliphatic rings. The van der Waals surface area contributed by atoms with Gasteiger partial charge in [0.15, 0.2) is 0 Å². The number of para-hydroxylation sites is 2. The Morgan fingerprint density at radius 3 is 0.839 bits per heavy atom. The molecular formula is C55H75N. The fraction of sp³-hybridized carbons (Fsp3) is 0.345. The number of hydrogen-bond donors (Lipinski definition) is 0. The van der Waals surface area contributed by atoms with Crippen molar-refractivity contribution in [3.8, 4) is 22.3 Å². The van der Waals surface area contributed by atoms with Gasteiger partial charge in [0, 0.05) is 39.7 Å².